The summed E-state index contributed by atoms with van der Waals surface area (Å²) in [5.74, 6) is 0.600. The van der Waals surface area contributed by atoms with Crippen LogP contribution >= 0.6 is 22.7 Å². The summed E-state index contributed by atoms with van der Waals surface area (Å²) in [6.45, 7) is 4.07. The van der Waals surface area contributed by atoms with Crippen LogP contribution < -0.4 is 10.6 Å². The molecule has 3 heterocycles. The Morgan fingerprint density at radius 3 is 2.50 bits per heavy atom. The minimum atomic E-state index is -4.24. The highest BCUT2D eigenvalue weighted by atomic mass is 32.1. The van der Waals surface area contributed by atoms with E-state index in [1.54, 1.807) is 29.7 Å². The smallest absolute Gasteiger partial charge is 0.316 e. The van der Waals surface area contributed by atoms with Crippen molar-refractivity contribution in [1.82, 2.24) is 20.3 Å². The van der Waals surface area contributed by atoms with Crippen molar-refractivity contribution in [2.45, 2.75) is 57.8 Å². The molecular formula is C20H22F3N5S2. The van der Waals surface area contributed by atoms with Gasteiger partial charge in [0, 0.05) is 18.1 Å². The monoisotopic (exact) mass is 453 g/mol. The fraction of sp³-hybridized carbons (Fsp3) is 0.450. The first kappa shape index (κ1) is 21.2. The third-order valence-electron chi connectivity index (χ3n) is 5.33. The van der Waals surface area contributed by atoms with Crippen LogP contribution in [0.2, 0.25) is 0 Å². The number of hydrogen-bond donors (Lipinski definition) is 2. The van der Waals surface area contributed by atoms with Crippen molar-refractivity contribution in [2.24, 2.45) is 0 Å². The molecule has 0 atom stereocenters. The first-order valence-electron chi connectivity index (χ1n) is 9.69. The van der Waals surface area contributed by atoms with Gasteiger partial charge in [-0.2, -0.15) is 13.2 Å². The third kappa shape index (κ3) is 4.35. The van der Waals surface area contributed by atoms with E-state index in [4.69, 9.17) is 0 Å². The first-order valence-corrected chi connectivity index (χ1v) is 11.4. The van der Waals surface area contributed by atoms with E-state index in [9.17, 15) is 13.2 Å². The summed E-state index contributed by atoms with van der Waals surface area (Å²) < 4.78 is 40.4. The van der Waals surface area contributed by atoms with Crippen LogP contribution in [0.1, 0.15) is 41.9 Å². The molecule has 1 aliphatic rings. The maximum absolute atomic E-state index is 13.5. The largest absolute Gasteiger partial charge is 0.406 e. The number of anilines is 2. The minimum Gasteiger partial charge on any atom is -0.316 e. The molecule has 10 heteroatoms. The molecule has 0 amide bonds. The molecule has 0 unspecified atom stereocenters. The predicted molar refractivity (Wildman–Crippen MR) is 114 cm³/mol. The normalized spacial score (nSPS) is 16.2. The average molecular weight is 454 g/mol. The number of nitrogens with one attached hydrogen (secondary N) is 2. The van der Waals surface area contributed by atoms with E-state index in [1.807, 2.05) is 19.2 Å². The molecule has 30 heavy (non-hydrogen) atoms. The molecule has 4 rings (SSSR count). The van der Waals surface area contributed by atoms with E-state index in [0.717, 1.165) is 21.3 Å². The van der Waals surface area contributed by atoms with Crippen LogP contribution in [0.25, 0.3) is 10.6 Å². The Kier molecular flexibility index (Phi) is 5.82. The van der Waals surface area contributed by atoms with Gasteiger partial charge in [0.2, 0.25) is 0 Å². The molecule has 1 saturated carbocycles. The summed E-state index contributed by atoms with van der Waals surface area (Å²) in [6, 6.07) is 3.54. The zero-order valence-corrected chi connectivity index (χ0v) is 18.3. The molecule has 1 fully saturated rings. The number of thiazole rings is 2. The lowest BCUT2D eigenvalue weighted by molar-refractivity contribution is -0.195. The Morgan fingerprint density at radius 1 is 1.13 bits per heavy atom. The summed E-state index contributed by atoms with van der Waals surface area (Å²) in [6.07, 6.45) is -1.17. The molecule has 0 aliphatic heterocycles. The molecule has 2 N–H and O–H groups in total. The van der Waals surface area contributed by atoms with Gasteiger partial charge in [0.15, 0.2) is 5.13 Å². The van der Waals surface area contributed by atoms with Gasteiger partial charge in [-0.3, -0.25) is 5.32 Å². The molecule has 0 aromatic carbocycles. The molecule has 3 aromatic rings. The van der Waals surface area contributed by atoms with Gasteiger partial charge in [-0.05, 0) is 38.3 Å². The molecular weight excluding hydrogens is 431 g/mol. The van der Waals surface area contributed by atoms with Crippen LogP contribution in [0.4, 0.5) is 24.1 Å². The summed E-state index contributed by atoms with van der Waals surface area (Å²) >= 11 is 3.08. The minimum absolute atomic E-state index is 0.134. The predicted octanol–water partition coefficient (Wildman–Crippen LogP) is 5.99. The fourth-order valence-corrected chi connectivity index (χ4v) is 5.39. The van der Waals surface area contributed by atoms with Crippen LogP contribution in [0.3, 0.4) is 0 Å². The zero-order valence-electron chi connectivity index (χ0n) is 16.6. The molecule has 1 aliphatic carbocycles. The lowest BCUT2D eigenvalue weighted by Gasteiger charge is -2.32. The van der Waals surface area contributed by atoms with E-state index in [1.165, 1.54) is 11.3 Å². The average Bonchev–Trinajstić information content (AvgIpc) is 3.41. The number of pyridine rings is 1. The highest BCUT2D eigenvalue weighted by Gasteiger charge is 2.55. The number of nitrogens with zero attached hydrogens (tertiary/aromatic N) is 3. The number of hydrogen-bond acceptors (Lipinski definition) is 7. The zero-order chi connectivity index (χ0) is 21.4. The van der Waals surface area contributed by atoms with Gasteiger partial charge >= 0.3 is 6.18 Å². The maximum Gasteiger partial charge on any atom is 0.406 e. The van der Waals surface area contributed by atoms with E-state index in [0.29, 0.717) is 29.4 Å². The molecule has 0 saturated heterocycles. The van der Waals surface area contributed by atoms with Gasteiger partial charge in [0.25, 0.3) is 0 Å². The maximum atomic E-state index is 13.5. The topological polar surface area (TPSA) is 62.7 Å². The van der Waals surface area contributed by atoms with Gasteiger partial charge in [-0.15, -0.1) is 22.7 Å². The standard InChI is InChI=1S/C20H22F3N5S2/c1-12-17(30-13(2)26-12)15-11-29-18(27-15)28-16-6-5-14(9-24-16)10-25-19(20(21,22)23)7-3-4-8-19/h5-6,9,11,25H,3-4,7-8,10H2,1-2H3,(H,24,27,28). The quantitative estimate of drug-likeness (QED) is 0.480. The Morgan fingerprint density at radius 2 is 1.90 bits per heavy atom. The summed E-state index contributed by atoms with van der Waals surface area (Å²) in [5.41, 5.74) is 0.782. The van der Waals surface area contributed by atoms with Gasteiger partial charge in [-0.1, -0.05) is 18.9 Å². The Bertz CT molecular complexity index is 1000. The number of aryl methyl sites for hydroxylation is 2. The van der Waals surface area contributed by atoms with E-state index < -0.39 is 11.7 Å². The lowest BCUT2D eigenvalue weighted by Crippen LogP contribution is -2.54. The van der Waals surface area contributed by atoms with Gasteiger partial charge in [0.05, 0.1) is 21.3 Å². The van der Waals surface area contributed by atoms with Crippen LogP contribution in [0.15, 0.2) is 23.7 Å². The molecule has 160 valence electrons. The van der Waals surface area contributed by atoms with E-state index in [-0.39, 0.29) is 19.4 Å². The Labute approximate surface area is 180 Å². The highest BCUT2D eigenvalue weighted by molar-refractivity contribution is 7.16. The van der Waals surface area contributed by atoms with Crippen molar-refractivity contribution < 1.29 is 13.2 Å². The van der Waals surface area contributed by atoms with Crippen molar-refractivity contribution in [3.63, 3.8) is 0 Å². The number of alkyl halides is 3. The second-order valence-electron chi connectivity index (χ2n) is 7.50. The van der Waals surface area contributed by atoms with Crippen LogP contribution in [-0.2, 0) is 6.54 Å². The summed E-state index contributed by atoms with van der Waals surface area (Å²) in [5, 5.41) is 9.58. The van der Waals surface area contributed by atoms with Crippen molar-refractivity contribution in [3.8, 4) is 10.6 Å². The molecule has 0 bridgehead atoms. The number of aromatic nitrogens is 3. The molecule has 3 aromatic heterocycles. The van der Waals surface area contributed by atoms with Gasteiger partial charge in [-0.25, -0.2) is 15.0 Å². The van der Waals surface area contributed by atoms with Crippen LogP contribution in [0, 0.1) is 13.8 Å². The van der Waals surface area contributed by atoms with E-state index >= 15 is 0 Å². The van der Waals surface area contributed by atoms with E-state index in [2.05, 4.69) is 25.6 Å². The second kappa shape index (κ2) is 8.24. The SMILES string of the molecule is Cc1nc(C)c(-c2csc(Nc3ccc(CNC4(C(F)(F)F)CCCC4)cn3)n2)s1. The lowest BCUT2D eigenvalue weighted by atomic mass is 9.96. The molecule has 0 radical (unpaired) electrons. The second-order valence-corrected chi connectivity index (χ2v) is 9.56. The van der Waals surface area contributed by atoms with Crippen LogP contribution in [-0.4, -0.2) is 26.7 Å². The van der Waals surface area contributed by atoms with Crippen molar-refractivity contribution >= 4 is 33.6 Å². The van der Waals surface area contributed by atoms with Crippen molar-refractivity contribution in [2.75, 3.05) is 5.32 Å². The third-order valence-corrected chi connectivity index (χ3v) is 7.18. The number of rotatable bonds is 6. The summed E-state index contributed by atoms with van der Waals surface area (Å²) in [4.78, 5) is 14.4. The van der Waals surface area contributed by atoms with Crippen molar-refractivity contribution in [3.05, 3.63) is 40.0 Å². The Balaban J connectivity index is 1.39. The first-order chi connectivity index (χ1) is 14.3. The fourth-order valence-electron chi connectivity index (χ4n) is 3.73. The number of halogens is 3. The molecule has 0 spiro atoms. The Hall–Kier alpha value is -2.04. The summed E-state index contributed by atoms with van der Waals surface area (Å²) in [7, 11) is 0. The van der Waals surface area contributed by atoms with Crippen LogP contribution in [0.5, 0.6) is 0 Å². The van der Waals surface area contributed by atoms with Gasteiger partial charge < -0.3 is 5.32 Å². The highest BCUT2D eigenvalue weighted by Crippen LogP contribution is 2.43. The van der Waals surface area contributed by atoms with Crippen molar-refractivity contribution in [1.29, 1.82) is 0 Å². The van der Waals surface area contributed by atoms with Gasteiger partial charge in [0.1, 0.15) is 11.4 Å². The molecule has 5 nitrogen and oxygen atoms in total.